The van der Waals surface area contributed by atoms with Gasteiger partial charge in [-0.3, -0.25) is 4.79 Å². The molecule has 4 aromatic rings. The summed E-state index contributed by atoms with van der Waals surface area (Å²) in [4.78, 5) is 12.5. The first-order valence-corrected chi connectivity index (χ1v) is 8.92. The standard InChI is InChI=1S/C19H14N4O2S/c24-17-9-7-16(8-10-17)23-19(20-21-22-23)26-12-18(25)15-6-5-13-3-1-2-4-14(13)11-15/h1-11,24H,12H2. The number of carbonyl (C=O) groups is 1. The molecule has 0 bridgehead atoms. The first-order valence-electron chi connectivity index (χ1n) is 7.93. The highest BCUT2D eigenvalue weighted by Crippen LogP contribution is 2.22. The molecule has 1 aromatic heterocycles. The van der Waals surface area contributed by atoms with Crippen molar-refractivity contribution >= 4 is 28.3 Å². The Kier molecular flexibility index (Phi) is 4.37. The Bertz CT molecular complexity index is 1080. The summed E-state index contributed by atoms with van der Waals surface area (Å²) in [5.74, 6) is 0.417. The summed E-state index contributed by atoms with van der Waals surface area (Å²) in [5, 5.41) is 23.7. The number of aromatic nitrogens is 4. The molecule has 4 rings (SSSR count). The Balaban J connectivity index is 1.51. The van der Waals surface area contributed by atoms with E-state index >= 15 is 0 Å². The molecule has 0 saturated heterocycles. The van der Waals surface area contributed by atoms with Crippen LogP contribution in [-0.4, -0.2) is 36.8 Å². The second kappa shape index (κ2) is 6.97. The molecule has 26 heavy (non-hydrogen) atoms. The predicted octanol–water partition coefficient (Wildman–Crippen LogP) is 3.50. The predicted molar refractivity (Wildman–Crippen MR) is 99.8 cm³/mol. The van der Waals surface area contributed by atoms with Crippen molar-refractivity contribution in [2.75, 3.05) is 5.75 Å². The Morgan fingerprint density at radius 3 is 2.58 bits per heavy atom. The van der Waals surface area contributed by atoms with E-state index in [1.165, 1.54) is 16.4 Å². The molecule has 0 spiro atoms. The van der Waals surface area contributed by atoms with E-state index in [1.54, 1.807) is 24.3 Å². The number of fused-ring (bicyclic) bond motifs is 1. The molecule has 0 unspecified atom stereocenters. The van der Waals surface area contributed by atoms with Crippen LogP contribution in [0.3, 0.4) is 0 Å². The Labute approximate surface area is 153 Å². The van der Waals surface area contributed by atoms with E-state index < -0.39 is 0 Å². The van der Waals surface area contributed by atoms with Gasteiger partial charge in [0.05, 0.1) is 11.4 Å². The quantitative estimate of drug-likeness (QED) is 0.432. The first-order chi connectivity index (χ1) is 12.7. The smallest absolute Gasteiger partial charge is 0.214 e. The van der Waals surface area contributed by atoms with Gasteiger partial charge in [-0.2, -0.15) is 4.68 Å². The fourth-order valence-corrected chi connectivity index (χ4v) is 3.39. The van der Waals surface area contributed by atoms with E-state index in [4.69, 9.17) is 0 Å². The summed E-state index contributed by atoms with van der Waals surface area (Å²) >= 11 is 1.28. The minimum Gasteiger partial charge on any atom is -0.508 e. The van der Waals surface area contributed by atoms with Gasteiger partial charge in [0, 0.05) is 5.56 Å². The van der Waals surface area contributed by atoms with Crippen molar-refractivity contribution in [2.45, 2.75) is 5.16 Å². The van der Waals surface area contributed by atoms with Crippen molar-refractivity contribution < 1.29 is 9.90 Å². The third kappa shape index (κ3) is 3.29. The number of phenolic OH excluding ortho intramolecular Hbond substituents is 1. The summed E-state index contributed by atoms with van der Waals surface area (Å²) in [6.45, 7) is 0. The van der Waals surface area contributed by atoms with Crippen LogP contribution in [0.25, 0.3) is 16.5 Å². The lowest BCUT2D eigenvalue weighted by atomic mass is 10.1. The number of aromatic hydroxyl groups is 1. The summed E-state index contributed by atoms with van der Waals surface area (Å²) in [6, 6.07) is 20.2. The van der Waals surface area contributed by atoms with Crippen molar-refractivity contribution in [3.63, 3.8) is 0 Å². The van der Waals surface area contributed by atoms with Crippen LogP contribution in [0.1, 0.15) is 10.4 Å². The van der Waals surface area contributed by atoms with Gasteiger partial charge >= 0.3 is 0 Å². The van der Waals surface area contributed by atoms with Crippen LogP contribution in [0.4, 0.5) is 0 Å². The zero-order valence-electron chi connectivity index (χ0n) is 13.6. The molecule has 3 aromatic carbocycles. The third-order valence-electron chi connectivity index (χ3n) is 3.94. The normalized spacial score (nSPS) is 10.9. The maximum absolute atomic E-state index is 12.5. The molecule has 128 valence electrons. The molecule has 1 N–H and O–H groups in total. The monoisotopic (exact) mass is 362 g/mol. The van der Waals surface area contributed by atoms with Gasteiger partial charge in [-0.25, -0.2) is 0 Å². The van der Waals surface area contributed by atoms with Crippen LogP contribution < -0.4 is 0 Å². The maximum Gasteiger partial charge on any atom is 0.214 e. The molecule has 1 heterocycles. The Hall–Kier alpha value is -3.19. The minimum absolute atomic E-state index is 0.0148. The highest BCUT2D eigenvalue weighted by molar-refractivity contribution is 7.99. The van der Waals surface area contributed by atoms with Gasteiger partial charge in [0.25, 0.3) is 0 Å². The van der Waals surface area contributed by atoms with Crippen molar-refractivity contribution in [3.8, 4) is 11.4 Å². The van der Waals surface area contributed by atoms with E-state index in [0.717, 1.165) is 10.8 Å². The van der Waals surface area contributed by atoms with E-state index in [1.807, 2.05) is 42.5 Å². The van der Waals surface area contributed by atoms with Crippen molar-refractivity contribution in [3.05, 3.63) is 72.3 Å². The molecular formula is C19H14N4O2S. The fourth-order valence-electron chi connectivity index (χ4n) is 2.60. The largest absolute Gasteiger partial charge is 0.508 e. The number of nitrogens with zero attached hydrogens (tertiary/aromatic N) is 4. The zero-order valence-corrected chi connectivity index (χ0v) is 14.4. The molecule has 0 saturated carbocycles. The Morgan fingerprint density at radius 2 is 1.77 bits per heavy atom. The number of rotatable bonds is 5. The summed E-state index contributed by atoms with van der Waals surface area (Å²) < 4.78 is 1.54. The molecular weight excluding hydrogens is 348 g/mol. The van der Waals surface area contributed by atoms with Crippen LogP contribution in [0.15, 0.2) is 71.9 Å². The van der Waals surface area contributed by atoms with Gasteiger partial charge in [-0.1, -0.05) is 48.2 Å². The molecule has 0 aliphatic carbocycles. The molecule has 0 atom stereocenters. The van der Waals surface area contributed by atoms with Gasteiger partial charge in [-0.15, -0.1) is 5.10 Å². The van der Waals surface area contributed by atoms with Crippen LogP contribution in [0, 0.1) is 0 Å². The number of hydrogen-bond donors (Lipinski definition) is 1. The number of phenols is 1. The number of ketones is 1. The number of carbonyl (C=O) groups excluding carboxylic acids is 1. The van der Waals surface area contributed by atoms with Crippen molar-refractivity contribution in [1.82, 2.24) is 20.2 Å². The molecule has 0 aliphatic heterocycles. The van der Waals surface area contributed by atoms with Gasteiger partial charge in [0.15, 0.2) is 5.78 Å². The number of Topliss-reactive ketones (excluding diaryl/α,β-unsaturated/α-hetero) is 1. The number of hydrogen-bond acceptors (Lipinski definition) is 6. The number of benzene rings is 3. The molecule has 0 fully saturated rings. The van der Waals surface area contributed by atoms with E-state index in [0.29, 0.717) is 16.4 Å². The number of thioether (sulfide) groups is 1. The van der Waals surface area contributed by atoms with Gasteiger partial charge in [-0.05, 0) is 51.5 Å². The van der Waals surface area contributed by atoms with Crippen LogP contribution in [0.2, 0.25) is 0 Å². The van der Waals surface area contributed by atoms with Gasteiger partial charge in [0.1, 0.15) is 5.75 Å². The molecule has 6 nitrogen and oxygen atoms in total. The zero-order chi connectivity index (χ0) is 17.9. The first kappa shape index (κ1) is 16.3. The molecule has 0 aliphatic rings. The molecule has 0 amide bonds. The lowest BCUT2D eigenvalue weighted by Crippen LogP contribution is -2.05. The van der Waals surface area contributed by atoms with E-state index in [2.05, 4.69) is 15.5 Å². The molecule has 0 radical (unpaired) electrons. The SMILES string of the molecule is O=C(CSc1nnnn1-c1ccc(O)cc1)c1ccc2ccccc2c1. The average Bonchev–Trinajstić information content (AvgIpc) is 3.15. The topological polar surface area (TPSA) is 80.9 Å². The van der Waals surface area contributed by atoms with Crippen LogP contribution in [0.5, 0.6) is 5.75 Å². The second-order valence-electron chi connectivity index (χ2n) is 5.66. The fraction of sp³-hybridized carbons (Fsp3) is 0.0526. The van der Waals surface area contributed by atoms with Crippen molar-refractivity contribution in [1.29, 1.82) is 0 Å². The summed E-state index contributed by atoms with van der Waals surface area (Å²) in [7, 11) is 0. The van der Waals surface area contributed by atoms with E-state index in [-0.39, 0.29) is 17.3 Å². The van der Waals surface area contributed by atoms with Gasteiger partial charge in [0.2, 0.25) is 5.16 Å². The lowest BCUT2D eigenvalue weighted by molar-refractivity contribution is 0.102. The van der Waals surface area contributed by atoms with Gasteiger partial charge < -0.3 is 5.11 Å². The minimum atomic E-state index is 0.0148. The molecule has 7 heteroatoms. The second-order valence-corrected chi connectivity index (χ2v) is 6.61. The number of tetrazole rings is 1. The van der Waals surface area contributed by atoms with E-state index in [9.17, 15) is 9.90 Å². The highest BCUT2D eigenvalue weighted by atomic mass is 32.2. The third-order valence-corrected chi connectivity index (χ3v) is 4.86. The maximum atomic E-state index is 12.5. The Morgan fingerprint density at radius 1 is 1.00 bits per heavy atom. The van der Waals surface area contributed by atoms with Crippen LogP contribution in [-0.2, 0) is 0 Å². The average molecular weight is 362 g/mol. The van der Waals surface area contributed by atoms with Crippen molar-refractivity contribution in [2.24, 2.45) is 0 Å². The summed E-state index contributed by atoms with van der Waals surface area (Å²) in [5.41, 5.74) is 1.38. The summed E-state index contributed by atoms with van der Waals surface area (Å²) in [6.07, 6.45) is 0. The lowest BCUT2D eigenvalue weighted by Gasteiger charge is -2.05. The highest BCUT2D eigenvalue weighted by Gasteiger charge is 2.13. The van der Waals surface area contributed by atoms with Crippen LogP contribution >= 0.6 is 11.8 Å².